The molecule has 0 saturated heterocycles. The van der Waals surface area contributed by atoms with Gasteiger partial charge in [-0.2, -0.15) is 0 Å². The highest BCUT2D eigenvalue weighted by Gasteiger charge is 2.24. The first kappa shape index (κ1) is 20.9. The molecule has 1 aromatic rings. The lowest BCUT2D eigenvalue weighted by Crippen LogP contribution is -2.39. The van der Waals surface area contributed by atoms with Gasteiger partial charge < -0.3 is 14.8 Å². The lowest BCUT2D eigenvalue weighted by molar-refractivity contribution is -0.143. The van der Waals surface area contributed by atoms with Gasteiger partial charge in [-0.05, 0) is 12.5 Å². The average Bonchev–Trinajstić information content (AvgIpc) is 2.54. The van der Waals surface area contributed by atoms with Gasteiger partial charge in [0.15, 0.2) is 6.10 Å². The van der Waals surface area contributed by atoms with E-state index in [0.717, 1.165) is 5.56 Å². The number of carbonyl (C=O) groups excluding carboxylic acids is 2. The van der Waals surface area contributed by atoms with E-state index >= 15 is 0 Å². The molecular formula is C19H27NO4Si. The summed E-state index contributed by atoms with van der Waals surface area (Å²) in [4.78, 5) is 24.4. The summed E-state index contributed by atoms with van der Waals surface area (Å²) in [6.45, 7) is 8.35. The maximum atomic E-state index is 12.6. The van der Waals surface area contributed by atoms with E-state index in [2.05, 4.69) is 36.4 Å². The van der Waals surface area contributed by atoms with Gasteiger partial charge in [-0.1, -0.05) is 55.9 Å². The molecule has 0 radical (unpaired) electrons. The van der Waals surface area contributed by atoms with E-state index in [-0.39, 0.29) is 18.3 Å². The van der Waals surface area contributed by atoms with Gasteiger partial charge in [0.05, 0.1) is 13.0 Å². The number of hydrogen-bond acceptors (Lipinski definition) is 4. The van der Waals surface area contributed by atoms with E-state index in [1.807, 2.05) is 30.3 Å². The standard InChI is InChI=1S/C19H27NO4Si/c1-6-24-17(21)14-16(12-13-25(3,4)5)20-19(22)18(23-2)15-10-8-7-9-11-15/h7-11,16,18H,6,14H2,1-5H3,(H,20,22)/t16-,18-/m1/s1. The normalized spacial score (nSPS) is 13.2. The van der Waals surface area contributed by atoms with Gasteiger partial charge in [0, 0.05) is 7.11 Å². The fourth-order valence-corrected chi connectivity index (χ4v) is 2.71. The van der Waals surface area contributed by atoms with Crippen molar-refractivity contribution in [3.63, 3.8) is 0 Å². The van der Waals surface area contributed by atoms with E-state index in [0.29, 0.717) is 6.61 Å². The summed E-state index contributed by atoms with van der Waals surface area (Å²) in [6.07, 6.45) is -0.734. The highest BCUT2D eigenvalue weighted by atomic mass is 28.3. The number of hydrogen-bond donors (Lipinski definition) is 1. The molecule has 0 bridgehead atoms. The number of benzene rings is 1. The second-order valence-electron chi connectivity index (χ2n) is 6.62. The van der Waals surface area contributed by atoms with Crippen LogP contribution in [0.2, 0.25) is 19.6 Å². The quantitative estimate of drug-likeness (QED) is 0.461. The number of carbonyl (C=O) groups is 2. The molecule has 1 N–H and O–H groups in total. The molecule has 1 aromatic carbocycles. The van der Waals surface area contributed by atoms with Crippen LogP contribution in [0.1, 0.15) is 25.0 Å². The largest absolute Gasteiger partial charge is 0.466 e. The molecule has 1 amide bonds. The van der Waals surface area contributed by atoms with Crippen LogP contribution in [0.3, 0.4) is 0 Å². The Kier molecular flexibility index (Phi) is 8.39. The van der Waals surface area contributed by atoms with Gasteiger partial charge in [0.25, 0.3) is 5.91 Å². The summed E-state index contributed by atoms with van der Waals surface area (Å²) < 4.78 is 10.3. The van der Waals surface area contributed by atoms with Crippen LogP contribution in [0, 0.1) is 11.5 Å². The van der Waals surface area contributed by atoms with Crippen molar-refractivity contribution < 1.29 is 19.1 Å². The molecule has 5 nitrogen and oxygen atoms in total. The van der Waals surface area contributed by atoms with Gasteiger partial charge in [-0.15, -0.1) is 5.54 Å². The summed E-state index contributed by atoms with van der Waals surface area (Å²) in [7, 11) is -0.158. The van der Waals surface area contributed by atoms with Crippen molar-refractivity contribution in [2.75, 3.05) is 13.7 Å². The molecule has 136 valence electrons. The number of nitrogens with one attached hydrogen (secondary N) is 1. The van der Waals surface area contributed by atoms with Gasteiger partial charge in [-0.3, -0.25) is 9.59 Å². The number of esters is 1. The Morgan fingerprint density at radius 1 is 1.20 bits per heavy atom. The Labute approximate surface area is 151 Å². The summed E-state index contributed by atoms with van der Waals surface area (Å²) in [5.41, 5.74) is 3.94. The summed E-state index contributed by atoms with van der Waals surface area (Å²) >= 11 is 0. The monoisotopic (exact) mass is 361 g/mol. The minimum absolute atomic E-state index is 0.0162. The summed E-state index contributed by atoms with van der Waals surface area (Å²) in [5.74, 6) is 2.32. The molecule has 0 heterocycles. The van der Waals surface area contributed by atoms with Gasteiger partial charge in [0.2, 0.25) is 0 Å². The van der Waals surface area contributed by atoms with Crippen LogP contribution >= 0.6 is 0 Å². The minimum atomic E-state index is -1.64. The number of amides is 1. The first-order valence-corrected chi connectivity index (χ1v) is 11.8. The van der Waals surface area contributed by atoms with Crippen molar-refractivity contribution in [3.05, 3.63) is 35.9 Å². The van der Waals surface area contributed by atoms with Crippen molar-refractivity contribution >= 4 is 20.0 Å². The molecule has 0 aliphatic rings. The fourth-order valence-electron chi connectivity index (χ4n) is 2.10. The van der Waals surface area contributed by atoms with Crippen molar-refractivity contribution in [1.82, 2.24) is 5.32 Å². The molecule has 0 spiro atoms. The average molecular weight is 362 g/mol. The Hall–Kier alpha value is -2.10. The molecular weight excluding hydrogens is 334 g/mol. The number of methoxy groups -OCH3 is 1. The molecule has 0 saturated carbocycles. The van der Waals surface area contributed by atoms with Crippen LogP contribution in [0.25, 0.3) is 0 Å². The molecule has 1 rings (SSSR count). The third kappa shape index (κ3) is 8.01. The number of rotatable bonds is 7. The van der Waals surface area contributed by atoms with Crippen LogP contribution in [-0.4, -0.2) is 39.7 Å². The minimum Gasteiger partial charge on any atom is -0.466 e. The molecule has 2 atom stereocenters. The molecule has 0 aliphatic carbocycles. The van der Waals surface area contributed by atoms with E-state index in [1.54, 1.807) is 6.92 Å². The second kappa shape index (κ2) is 10.0. The lowest BCUT2D eigenvalue weighted by Gasteiger charge is -2.19. The molecule has 0 unspecified atom stereocenters. The maximum Gasteiger partial charge on any atom is 0.308 e. The van der Waals surface area contributed by atoms with Crippen molar-refractivity contribution in [3.8, 4) is 11.5 Å². The van der Waals surface area contributed by atoms with Crippen LogP contribution in [-0.2, 0) is 19.1 Å². The predicted octanol–water partition coefficient (Wildman–Crippen LogP) is 2.69. The Bertz CT molecular complexity index is 628. The third-order valence-electron chi connectivity index (χ3n) is 3.19. The molecule has 25 heavy (non-hydrogen) atoms. The Morgan fingerprint density at radius 2 is 1.84 bits per heavy atom. The predicted molar refractivity (Wildman–Crippen MR) is 100 cm³/mol. The van der Waals surface area contributed by atoms with Crippen molar-refractivity contribution in [1.29, 1.82) is 0 Å². The highest BCUT2D eigenvalue weighted by Crippen LogP contribution is 2.16. The first-order chi connectivity index (χ1) is 11.8. The van der Waals surface area contributed by atoms with E-state index in [4.69, 9.17) is 9.47 Å². The smallest absolute Gasteiger partial charge is 0.308 e. The van der Waals surface area contributed by atoms with Crippen molar-refractivity contribution in [2.24, 2.45) is 0 Å². The zero-order chi connectivity index (χ0) is 18.9. The topological polar surface area (TPSA) is 64.6 Å². The zero-order valence-electron chi connectivity index (χ0n) is 15.6. The molecule has 6 heteroatoms. The maximum absolute atomic E-state index is 12.6. The molecule has 0 aromatic heterocycles. The first-order valence-electron chi connectivity index (χ1n) is 8.33. The zero-order valence-corrected chi connectivity index (χ0v) is 16.6. The summed E-state index contributed by atoms with van der Waals surface area (Å²) in [6, 6.07) is 8.60. The van der Waals surface area contributed by atoms with E-state index in [9.17, 15) is 9.59 Å². The fraction of sp³-hybridized carbons (Fsp3) is 0.474. The SMILES string of the molecule is CCOC(=O)C[C@@H](C#C[Si](C)(C)C)NC(=O)[C@H](OC)c1ccccc1. The van der Waals surface area contributed by atoms with Crippen LogP contribution < -0.4 is 5.32 Å². The van der Waals surface area contributed by atoms with Crippen LogP contribution in [0.4, 0.5) is 0 Å². The van der Waals surface area contributed by atoms with Crippen LogP contribution in [0.5, 0.6) is 0 Å². The third-order valence-corrected chi connectivity index (χ3v) is 4.08. The molecule has 0 aliphatic heterocycles. The van der Waals surface area contributed by atoms with Gasteiger partial charge >= 0.3 is 5.97 Å². The lowest BCUT2D eigenvalue weighted by atomic mass is 10.1. The van der Waals surface area contributed by atoms with Crippen molar-refractivity contribution in [2.45, 2.75) is 45.1 Å². The van der Waals surface area contributed by atoms with Gasteiger partial charge in [0.1, 0.15) is 14.1 Å². The summed E-state index contributed by atoms with van der Waals surface area (Å²) in [5, 5.41) is 2.81. The number of ether oxygens (including phenoxy) is 2. The Morgan fingerprint density at radius 3 is 2.36 bits per heavy atom. The van der Waals surface area contributed by atoms with Crippen LogP contribution in [0.15, 0.2) is 30.3 Å². The van der Waals surface area contributed by atoms with Gasteiger partial charge in [-0.25, -0.2) is 0 Å². The van der Waals surface area contributed by atoms with E-state index < -0.39 is 20.2 Å². The second-order valence-corrected chi connectivity index (χ2v) is 11.4. The Balaban J connectivity index is 2.92. The highest BCUT2D eigenvalue weighted by molar-refractivity contribution is 6.83. The van der Waals surface area contributed by atoms with E-state index in [1.165, 1.54) is 7.11 Å². The molecule has 0 fully saturated rings.